The van der Waals surface area contributed by atoms with Crippen LogP contribution in [0.15, 0.2) is 34.9 Å². The average Bonchev–Trinajstić information content (AvgIpc) is 2.65. The Hall–Kier alpha value is -2.10. The summed E-state index contributed by atoms with van der Waals surface area (Å²) in [5, 5.41) is 3.58. The summed E-state index contributed by atoms with van der Waals surface area (Å²) in [6, 6.07) is 8.69. The number of hydrogen-bond donors (Lipinski definition) is 0. The smallest absolute Gasteiger partial charge is 0.344 e. The number of hydrogen-bond acceptors (Lipinski definition) is 4. The van der Waals surface area contributed by atoms with Crippen LogP contribution < -0.4 is 4.74 Å². The number of rotatable bonds is 2. The van der Waals surface area contributed by atoms with E-state index in [-0.39, 0.29) is 5.88 Å². The first-order valence-electron chi connectivity index (χ1n) is 4.87. The van der Waals surface area contributed by atoms with E-state index in [9.17, 15) is 4.79 Å². The third-order valence-corrected chi connectivity index (χ3v) is 2.09. The first kappa shape index (κ1) is 10.4. The van der Waals surface area contributed by atoms with E-state index in [1.807, 2.05) is 19.1 Å². The van der Waals surface area contributed by atoms with Crippen LogP contribution in [0, 0.1) is 13.8 Å². The van der Waals surface area contributed by atoms with E-state index in [4.69, 9.17) is 9.26 Å². The quantitative estimate of drug-likeness (QED) is 0.725. The molecule has 4 nitrogen and oxygen atoms in total. The number of esters is 1. The van der Waals surface area contributed by atoms with Crippen molar-refractivity contribution in [2.45, 2.75) is 13.8 Å². The molecule has 1 heterocycles. The van der Waals surface area contributed by atoms with E-state index in [1.54, 1.807) is 25.1 Å². The third-order valence-electron chi connectivity index (χ3n) is 2.09. The van der Waals surface area contributed by atoms with Crippen LogP contribution in [0.3, 0.4) is 0 Å². The second-order valence-corrected chi connectivity index (χ2v) is 3.53. The molecule has 2 aromatic rings. The summed E-state index contributed by atoms with van der Waals surface area (Å²) in [4.78, 5) is 11.6. The summed E-state index contributed by atoms with van der Waals surface area (Å²) >= 11 is 0. The fraction of sp³-hybridized carbons (Fsp3) is 0.167. The predicted molar refractivity (Wildman–Crippen MR) is 57.4 cm³/mol. The molecule has 1 aromatic heterocycles. The number of aryl methyl sites for hydroxylation is 2. The first-order chi connectivity index (χ1) is 7.65. The molecular formula is C12H11NO3. The van der Waals surface area contributed by atoms with Crippen LogP contribution in [0.25, 0.3) is 0 Å². The highest BCUT2D eigenvalue weighted by atomic mass is 16.6. The molecule has 0 aliphatic rings. The molecule has 4 heteroatoms. The Kier molecular flexibility index (Phi) is 2.72. The number of ether oxygens (including phenoxy) is 1. The zero-order chi connectivity index (χ0) is 11.5. The molecule has 0 spiro atoms. The van der Waals surface area contributed by atoms with E-state index >= 15 is 0 Å². The Bertz CT molecular complexity index is 499. The predicted octanol–water partition coefficient (Wildman–Crippen LogP) is 2.51. The lowest BCUT2D eigenvalue weighted by atomic mass is 10.1. The van der Waals surface area contributed by atoms with E-state index in [2.05, 4.69) is 5.16 Å². The van der Waals surface area contributed by atoms with Crippen molar-refractivity contribution in [2.75, 3.05) is 0 Å². The van der Waals surface area contributed by atoms with E-state index < -0.39 is 5.97 Å². The molecule has 0 amide bonds. The molecule has 0 unspecified atom stereocenters. The maximum absolute atomic E-state index is 11.6. The van der Waals surface area contributed by atoms with Gasteiger partial charge < -0.3 is 9.26 Å². The topological polar surface area (TPSA) is 52.3 Å². The van der Waals surface area contributed by atoms with Crippen molar-refractivity contribution in [3.8, 4) is 5.88 Å². The van der Waals surface area contributed by atoms with Crippen LogP contribution in [0.4, 0.5) is 0 Å². The van der Waals surface area contributed by atoms with Gasteiger partial charge in [0.2, 0.25) is 0 Å². The Balaban J connectivity index is 2.11. The summed E-state index contributed by atoms with van der Waals surface area (Å²) in [5.74, 6) is 0.350. The number of carbonyl (C=O) groups excluding carboxylic acids is 1. The van der Waals surface area contributed by atoms with Crippen LogP contribution in [-0.4, -0.2) is 11.1 Å². The van der Waals surface area contributed by atoms with E-state index in [0.29, 0.717) is 11.3 Å². The Morgan fingerprint density at radius 1 is 1.25 bits per heavy atom. The second-order valence-electron chi connectivity index (χ2n) is 3.53. The zero-order valence-electron chi connectivity index (χ0n) is 9.06. The summed E-state index contributed by atoms with van der Waals surface area (Å²) in [5.41, 5.74) is 1.58. The second kappa shape index (κ2) is 4.18. The van der Waals surface area contributed by atoms with Gasteiger partial charge in [-0.05, 0) is 31.1 Å². The average molecular weight is 217 g/mol. The van der Waals surface area contributed by atoms with Crippen LogP contribution >= 0.6 is 0 Å². The van der Waals surface area contributed by atoms with Crippen molar-refractivity contribution in [1.29, 1.82) is 0 Å². The van der Waals surface area contributed by atoms with Crippen LogP contribution in [0.2, 0.25) is 0 Å². The van der Waals surface area contributed by atoms with Gasteiger partial charge in [0.1, 0.15) is 5.76 Å². The lowest BCUT2D eigenvalue weighted by molar-refractivity contribution is 0.0721. The molecule has 0 aliphatic heterocycles. The summed E-state index contributed by atoms with van der Waals surface area (Å²) in [6.07, 6.45) is 0. The van der Waals surface area contributed by atoms with Gasteiger partial charge in [-0.1, -0.05) is 17.7 Å². The standard InChI is InChI=1S/C12H11NO3/c1-8-3-5-10(6-4-8)12(14)15-11-7-9(2)16-13-11/h3-7H,1-2H3. The Morgan fingerprint density at radius 2 is 1.94 bits per heavy atom. The van der Waals surface area contributed by atoms with Crippen molar-refractivity contribution in [3.05, 3.63) is 47.2 Å². The summed E-state index contributed by atoms with van der Waals surface area (Å²) in [6.45, 7) is 3.69. The van der Waals surface area contributed by atoms with Gasteiger partial charge in [-0.15, -0.1) is 0 Å². The minimum Gasteiger partial charge on any atom is -0.400 e. The number of aromatic nitrogens is 1. The third kappa shape index (κ3) is 2.28. The number of carbonyl (C=O) groups is 1. The lowest BCUT2D eigenvalue weighted by Crippen LogP contribution is -2.08. The van der Waals surface area contributed by atoms with Crippen molar-refractivity contribution in [1.82, 2.24) is 5.16 Å². The molecule has 0 aliphatic carbocycles. The molecule has 2 rings (SSSR count). The van der Waals surface area contributed by atoms with Crippen molar-refractivity contribution >= 4 is 5.97 Å². The van der Waals surface area contributed by atoms with E-state index in [0.717, 1.165) is 5.56 Å². The SMILES string of the molecule is Cc1ccc(C(=O)Oc2cc(C)on2)cc1. The molecule has 0 N–H and O–H groups in total. The van der Waals surface area contributed by atoms with Gasteiger partial charge in [-0.3, -0.25) is 0 Å². The van der Waals surface area contributed by atoms with Gasteiger partial charge in [-0.2, -0.15) is 0 Å². The molecule has 1 aromatic carbocycles. The summed E-state index contributed by atoms with van der Waals surface area (Å²) in [7, 11) is 0. The van der Waals surface area contributed by atoms with Crippen LogP contribution in [0.1, 0.15) is 21.7 Å². The Morgan fingerprint density at radius 3 is 2.50 bits per heavy atom. The molecule has 0 fully saturated rings. The highest BCUT2D eigenvalue weighted by molar-refractivity contribution is 5.90. The number of benzene rings is 1. The van der Waals surface area contributed by atoms with Gasteiger partial charge in [0.05, 0.1) is 5.56 Å². The zero-order valence-corrected chi connectivity index (χ0v) is 9.06. The monoisotopic (exact) mass is 217 g/mol. The molecule has 0 radical (unpaired) electrons. The molecule has 16 heavy (non-hydrogen) atoms. The molecule has 0 atom stereocenters. The summed E-state index contributed by atoms with van der Waals surface area (Å²) < 4.78 is 9.81. The Labute approximate surface area is 92.8 Å². The van der Waals surface area contributed by atoms with Gasteiger partial charge in [-0.25, -0.2) is 4.79 Å². The molecule has 0 saturated heterocycles. The maximum atomic E-state index is 11.6. The highest BCUT2D eigenvalue weighted by Gasteiger charge is 2.10. The fourth-order valence-electron chi connectivity index (χ4n) is 1.24. The minimum absolute atomic E-state index is 0.183. The lowest BCUT2D eigenvalue weighted by Gasteiger charge is -2.00. The molecule has 0 saturated carbocycles. The fourth-order valence-corrected chi connectivity index (χ4v) is 1.24. The molecular weight excluding hydrogens is 206 g/mol. The van der Waals surface area contributed by atoms with Crippen molar-refractivity contribution < 1.29 is 14.1 Å². The minimum atomic E-state index is -0.437. The van der Waals surface area contributed by atoms with Crippen molar-refractivity contribution in [2.24, 2.45) is 0 Å². The van der Waals surface area contributed by atoms with Crippen LogP contribution in [-0.2, 0) is 0 Å². The maximum Gasteiger partial charge on any atom is 0.344 e. The van der Waals surface area contributed by atoms with Crippen molar-refractivity contribution in [3.63, 3.8) is 0 Å². The highest BCUT2D eigenvalue weighted by Crippen LogP contribution is 2.12. The van der Waals surface area contributed by atoms with Gasteiger partial charge in [0, 0.05) is 6.07 Å². The first-order valence-corrected chi connectivity index (χ1v) is 4.87. The molecule has 0 bridgehead atoms. The van der Waals surface area contributed by atoms with Gasteiger partial charge >= 0.3 is 5.97 Å². The van der Waals surface area contributed by atoms with Gasteiger partial charge in [0.15, 0.2) is 0 Å². The largest absolute Gasteiger partial charge is 0.400 e. The number of nitrogens with zero attached hydrogens (tertiary/aromatic N) is 1. The normalized spacial score (nSPS) is 10.1. The van der Waals surface area contributed by atoms with Gasteiger partial charge in [0.25, 0.3) is 5.88 Å². The van der Waals surface area contributed by atoms with E-state index in [1.165, 1.54) is 0 Å². The van der Waals surface area contributed by atoms with Crippen LogP contribution in [0.5, 0.6) is 5.88 Å². The molecule has 82 valence electrons.